The van der Waals surface area contributed by atoms with Gasteiger partial charge in [-0.1, -0.05) is 13.8 Å². The fraction of sp³-hybridized carbons (Fsp3) is 0.875. The fourth-order valence-corrected chi connectivity index (χ4v) is 2.52. The van der Waals surface area contributed by atoms with E-state index in [1.54, 1.807) is 0 Å². The molecule has 0 unspecified atom stereocenters. The maximum atomic E-state index is 12.6. The first-order valence-electron chi connectivity index (χ1n) is 9.20. The predicted octanol–water partition coefficient (Wildman–Crippen LogP) is 0.120. The van der Waals surface area contributed by atoms with Gasteiger partial charge in [-0.2, -0.15) is 0 Å². The van der Waals surface area contributed by atoms with Gasteiger partial charge in [-0.05, 0) is 39.0 Å². The molecule has 6 N–H and O–H groups in total. The Labute approximate surface area is 160 Å². The van der Waals surface area contributed by atoms with Gasteiger partial charge in [0.15, 0.2) is 23.3 Å². The highest BCUT2D eigenvalue weighted by molar-refractivity contribution is 5.81. The number of carbonyl (C=O) groups is 1. The molecule has 0 aliphatic carbocycles. The molecule has 0 aromatic heterocycles. The van der Waals surface area contributed by atoms with Gasteiger partial charge in [0.25, 0.3) is 0 Å². The van der Waals surface area contributed by atoms with E-state index < -0.39 is 29.3 Å². The average molecular weight is 390 g/mol. The third-order valence-electron chi connectivity index (χ3n) is 3.57. The summed E-state index contributed by atoms with van der Waals surface area (Å²) >= 11 is 0. The highest BCUT2D eigenvalue weighted by atomic mass is 16.7. The number of guanidine groups is 1. The molecule has 0 fully saturated rings. The van der Waals surface area contributed by atoms with Gasteiger partial charge >= 0.3 is 0 Å². The number of nitrogens with zero attached hydrogens (tertiary/aromatic N) is 2. The Morgan fingerprint density at radius 3 is 2.26 bits per heavy atom. The first kappa shape index (κ1) is 24.9. The van der Waals surface area contributed by atoms with Crippen molar-refractivity contribution >= 4 is 11.9 Å². The van der Waals surface area contributed by atoms with Crippen LogP contribution in [0.4, 0.5) is 0 Å². The Balaban J connectivity index is 5.08. The van der Waals surface area contributed by atoms with Crippen LogP contribution in [0.2, 0.25) is 0 Å². The third kappa shape index (κ3) is 12.0. The number of aliphatic imine (C=N–C) groups is 1. The van der Waals surface area contributed by atoms with Gasteiger partial charge in [0.05, 0.1) is 6.04 Å². The van der Waals surface area contributed by atoms with Crippen LogP contribution in [0.15, 0.2) is 4.99 Å². The number of nitrogens with one attached hydrogen (secondary N) is 2. The molecule has 0 bridgehead atoms. The molecule has 2 atom stereocenters. The molecule has 0 rings (SSSR count). The van der Waals surface area contributed by atoms with E-state index in [0.29, 0.717) is 26.1 Å². The van der Waals surface area contributed by atoms with E-state index in [0.717, 1.165) is 0 Å². The van der Waals surface area contributed by atoms with E-state index in [-0.39, 0.29) is 24.8 Å². The zero-order valence-corrected chi connectivity index (χ0v) is 16.6. The molecule has 0 spiro atoms. The van der Waals surface area contributed by atoms with Crippen molar-refractivity contribution in [1.29, 1.82) is 0 Å². The van der Waals surface area contributed by atoms with E-state index in [4.69, 9.17) is 20.9 Å². The Hall–Kier alpha value is -2.14. The summed E-state index contributed by atoms with van der Waals surface area (Å²) in [6, 6.07) is -1.45. The van der Waals surface area contributed by atoms with Crippen molar-refractivity contribution in [3.05, 3.63) is 10.1 Å². The number of carbonyl (C=O) groups excluding carboxylic acids is 1. The Bertz CT molecular complexity index is 464. The molecule has 0 radical (unpaired) electrons. The van der Waals surface area contributed by atoms with Crippen molar-refractivity contribution in [3.63, 3.8) is 0 Å². The van der Waals surface area contributed by atoms with Crippen LogP contribution in [0.25, 0.3) is 0 Å². The van der Waals surface area contributed by atoms with Gasteiger partial charge in [0.1, 0.15) is 0 Å². The summed E-state index contributed by atoms with van der Waals surface area (Å²) < 4.78 is 11.2. The Kier molecular flexibility index (Phi) is 12.9. The lowest BCUT2D eigenvalue weighted by atomic mass is 10.0. The van der Waals surface area contributed by atoms with Crippen molar-refractivity contribution in [1.82, 2.24) is 10.7 Å². The summed E-state index contributed by atoms with van der Waals surface area (Å²) in [6.45, 7) is 8.81. The first-order valence-corrected chi connectivity index (χ1v) is 9.20. The lowest BCUT2D eigenvalue weighted by Gasteiger charge is -2.29. The van der Waals surface area contributed by atoms with Gasteiger partial charge in [-0.25, -0.2) is 10.1 Å². The number of ether oxygens (including phenoxy) is 2. The molecule has 1 amide bonds. The minimum atomic E-state index is -1.02. The van der Waals surface area contributed by atoms with E-state index in [1.807, 2.05) is 33.1 Å². The largest absolute Gasteiger partial charge is 0.370 e. The number of nitro groups is 1. The third-order valence-corrected chi connectivity index (χ3v) is 3.57. The number of hydrazine groups is 1. The molecular formula is C16H34N6O5. The van der Waals surface area contributed by atoms with Crippen molar-refractivity contribution in [2.75, 3.05) is 19.8 Å². The molecular weight excluding hydrogens is 356 g/mol. The van der Waals surface area contributed by atoms with Gasteiger partial charge in [-0.15, -0.1) is 5.43 Å². The Morgan fingerprint density at radius 2 is 1.81 bits per heavy atom. The average Bonchev–Trinajstić information content (AvgIpc) is 2.55. The first-order chi connectivity index (χ1) is 12.7. The van der Waals surface area contributed by atoms with Crippen LogP contribution in [0.1, 0.15) is 47.0 Å². The number of nitrogens with two attached hydrogens (primary N) is 2. The molecule has 0 aliphatic rings. The summed E-state index contributed by atoms with van der Waals surface area (Å²) in [7, 11) is 0. The quantitative estimate of drug-likeness (QED) is 0.0763. The maximum absolute atomic E-state index is 12.6. The second kappa shape index (κ2) is 14.0. The molecule has 11 heteroatoms. The van der Waals surface area contributed by atoms with E-state index >= 15 is 0 Å². The normalized spacial score (nSPS) is 13.3. The fourth-order valence-electron chi connectivity index (χ4n) is 2.52. The molecule has 27 heavy (non-hydrogen) atoms. The number of hydrogen-bond donors (Lipinski definition) is 4. The molecule has 0 aliphatic heterocycles. The van der Waals surface area contributed by atoms with Crippen LogP contribution in [0, 0.1) is 16.0 Å². The smallest absolute Gasteiger partial charge is 0.248 e. The zero-order chi connectivity index (χ0) is 20.8. The van der Waals surface area contributed by atoms with Gasteiger partial charge in [0.2, 0.25) is 5.91 Å². The second-order valence-electron chi connectivity index (χ2n) is 6.41. The van der Waals surface area contributed by atoms with Crippen molar-refractivity contribution in [2.24, 2.45) is 22.4 Å². The zero-order valence-electron chi connectivity index (χ0n) is 16.6. The number of hydrogen-bond acceptors (Lipinski definition) is 6. The van der Waals surface area contributed by atoms with Crippen molar-refractivity contribution in [2.45, 2.75) is 65.3 Å². The summed E-state index contributed by atoms with van der Waals surface area (Å²) in [5.74, 6) is -0.291. The molecule has 0 aromatic carbocycles. The van der Waals surface area contributed by atoms with Crippen LogP contribution in [-0.4, -0.2) is 55.0 Å². The highest BCUT2D eigenvalue weighted by Gasteiger charge is 2.30. The van der Waals surface area contributed by atoms with E-state index in [9.17, 15) is 14.9 Å². The predicted molar refractivity (Wildman–Crippen MR) is 102 cm³/mol. The number of amides is 1. The van der Waals surface area contributed by atoms with Gasteiger partial charge in [-0.3, -0.25) is 9.79 Å². The molecule has 0 heterocycles. The molecule has 0 saturated heterocycles. The Morgan fingerprint density at radius 1 is 1.22 bits per heavy atom. The van der Waals surface area contributed by atoms with Crippen LogP contribution < -0.4 is 22.2 Å². The van der Waals surface area contributed by atoms with E-state index in [2.05, 4.69) is 10.3 Å². The summed E-state index contributed by atoms with van der Waals surface area (Å²) in [5, 5.41) is 13.0. The monoisotopic (exact) mass is 390 g/mol. The standard InChI is InChI=1S/C16H34N6O5/c1-5-26-15(27-6-2)13(10-11(3)4)20-14(23)12(21-22(24)25)8-7-9-19-16(17)18/h11-13,15,21H,5-10H2,1-4H3,(H,20,23)(H4,17,18,19)/t12-,13-/m0/s1. The van der Waals surface area contributed by atoms with E-state index in [1.165, 1.54) is 0 Å². The van der Waals surface area contributed by atoms with Gasteiger partial charge < -0.3 is 26.3 Å². The van der Waals surface area contributed by atoms with Crippen molar-refractivity contribution in [3.8, 4) is 0 Å². The SMILES string of the molecule is CCOC(OCC)[C@H](CC(C)C)NC(=O)[C@H](CCCN=C(N)N)N[N+](=O)[O-]. The highest BCUT2D eigenvalue weighted by Crippen LogP contribution is 2.13. The molecule has 0 aromatic rings. The maximum Gasteiger partial charge on any atom is 0.248 e. The van der Waals surface area contributed by atoms with Crippen LogP contribution >= 0.6 is 0 Å². The van der Waals surface area contributed by atoms with Crippen LogP contribution in [0.3, 0.4) is 0 Å². The van der Waals surface area contributed by atoms with Gasteiger partial charge in [0, 0.05) is 19.8 Å². The number of rotatable bonds is 15. The lowest BCUT2D eigenvalue weighted by molar-refractivity contribution is -0.548. The summed E-state index contributed by atoms with van der Waals surface area (Å²) in [6.07, 6.45) is 0.595. The summed E-state index contributed by atoms with van der Waals surface area (Å²) in [4.78, 5) is 27.3. The van der Waals surface area contributed by atoms with Crippen molar-refractivity contribution < 1.29 is 19.3 Å². The van der Waals surface area contributed by atoms with Crippen LogP contribution in [0.5, 0.6) is 0 Å². The second-order valence-corrected chi connectivity index (χ2v) is 6.41. The van der Waals surface area contributed by atoms with Crippen LogP contribution in [-0.2, 0) is 14.3 Å². The topological polar surface area (TPSA) is 167 Å². The minimum Gasteiger partial charge on any atom is -0.370 e. The minimum absolute atomic E-state index is 0.0634. The molecule has 0 saturated carbocycles. The molecule has 11 nitrogen and oxygen atoms in total. The molecule has 158 valence electrons. The lowest BCUT2D eigenvalue weighted by Crippen LogP contribution is -2.53. The summed E-state index contributed by atoms with van der Waals surface area (Å²) in [5.41, 5.74) is 12.5.